The molecule has 0 amide bonds. The number of rotatable bonds is 0. The van der Waals surface area contributed by atoms with Crippen LogP contribution in [0.15, 0.2) is 22.7 Å². The van der Waals surface area contributed by atoms with Gasteiger partial charge in [0.25, 0.3) is 0 Å². The maximum atomic E-state index is 12.2. The van der Waals surface area contributed by atoms with Crippen molar-refractivity contribution in [3.05, 3.63) is 28.2 Å². The molecule has 3 rings (SSSR count). The summed E-state index contributed by atoms with van der Waals surface area (Å²) in [5.74, 6) is 0.804. The van der Waals surface area contributed by atoms with Gasteiger partial charge in [-0.1, -0.05) is 15.9 Å². The number of Topliss-reactive ketones (excluding diaryl/α,β-unsaturated/α-hetero) is 1. The van der Waals surface area contributed by atoms with E-state index in [0.29, 0.717) is 24.2 Å². The van der Waals surface area contributed by atoms with Gasteiger partial charge in [0, 0.05) is 17.3 Å². The van der Waals surface area contributed by atoms with Crippen molar-refractivity contribution in [2.75, 3.05) is 11.5 Å². The molecule has 0 unspecified atom stereocenters. The number of carbonyl (C=O) groups is 1. The van der Waals surface area contributed by atoms with Gasteiger partial charge >= 0.3 is 0 Å². The van der Waals surface area contributed by atoms with E-state index in [-0.39, 0.29) is 23.7 Å². The van der Waals surface area contributed by atoms with Gasteiger partial charge in [-0.25, -0.2) is 8.42 Å². The lowest BCUT2D eigenvalue weighted by molar-refractivity contribution is 0.0335. The average molecular weight is 345 g/mol. The van der Waals surface area contributed by atoms with E-state index in [1.165, 1.54) is 0 Å². The first-order valence-corrected chi connectivity index (χ1v) is 8.73. The molecule has 102 valence electrons. The summed E-state index contributed by atoms with van der Waals surface area (Å²) in [5.41, 5.74) is -0.0445. The van der Waals surface area contributed by atoms with Crippen LogP contribution in [0.4, 0.5) is 0 Å². The molecule has 2 aliphatic heterocycles. The number of ether oxygens (including phenoxy) is 1. The molecule has 0 bridgehead atoms. The van der Waals surface area contributed by atoms with Crippen molar-refractivity contribution >= 4 is 31.6 Å². The van der Waals surface area contributed by atoms with Gasteiger partial charge in [-0.3, -0.25) is 4.79 Å². The Morgan fingerprint density at radius 3 is 2.58 bits per heavy atom. The second kappa shape index (κ2) is 4.31. The number of hydrogen-bond acceptors (Lipinski definition) is 4. The summed E-state index contributed by atoms with van der Waals surface area (Å²) in [7, 11) is -2.96. The Labute approximate surface area is 120 Å². The van der Waals surface area contributed by atoms with Crippen LogP contribution in [0, 0.1) is 0 Å². The fourth-order valence-corrected chi connectivity index (χ4v) is 4.59. The van der Waals surface area contributed by atoms with Crippen LogP contribution in [0.5, 0.6) is 5.75 Å². The van der Waals surface area contributed by atoms with Crippen LogP contribution in [0.2, 0.25) is 0 Å². The number of hydrogen-bond donors (Lipinski definition) is 0. The molecule has 1 aromatic rings. The van der Waals surface area contributed by atoms with Crippen molar-refractivity contribution < 1.29 is 17.9 Å². The highest BCUT2D eigenvalue weighted by Gasteiger charge is 2.44. The molecule has 6 heteroatoms. The van der Waals surface area contributed by atoms with Crippen LogP contribution in [0.3, 0.4) is 0 Å². The van der Waals surface area contributed by atoms with Gasteiger partial charge in [-0.05, 0) is 18.2 Å². The summed E-state index contributed by atoms with van der Waals surface area (Å²) >= 11 is 3.33. The van der Waals surface area contributed by atoms with Gasteiger partial charge in [0.05, 0.1) is 23.5 Å². The largest absolute Gasteiger partial charge is 0.486 e. The minimum Gasteiger partial charge on any atom is -0.486 e. The number of ketones is 1. The third kappa shape index (κ3) is 2.43. The van der Waals surface area contributed by atoms with Crippen LogP contribution in [-0.4, -0.2) is 31.3 Å². The molecule has 1 aromatic carbocycles. The minimum atomic E-state index is -2.96. The summed E-state index contributed by atoms with van der Waals surface area (Å²) < 4.78 is 29.8. The molecular formula is C13H13BrO4S. The molecule has 2 heterocycles. The second-order valence-corrected chi connectivity index (χ2v) is 8.40. The first-order valence-electron chi connectivity index (χ1n) is 6.11. The monoisotopic (exact) mass is 344 g/mol. The predicted octanol–water partition coefficient (Wildman–Crippen LogP) is 2.36. The quantitative estimate of drug-likeness (QED) is 0.724. The van der Waals surface area contributed by atoms with Crippen LogP contribution in [0.1, 0.15) is 29.6 Å². The van der Waals surface area contributed by atoms with Crippen molar-refractivity contribution in [3.63, 3.8) is 0 Å². The molecule has 0 aromatic heterocycles. The molecule has 0 atom stereocenters. The van der Waals surface area contributed by atoms with E-state index in [1.54, 1.807) is 12.1 Å². The maximum Gasteiger partial charge on any atom is 0.170 e. The predicted molar refractivity (Wildman–Crippen MR) is 74.3 cm³/mol. The summed E-state index contributed by atoms with van der Waals surface area (Å²) in [4.78, 5) is 12.2. The zero-order valence-corrected chi connectivity index (χ0v) is 12.6. The van der Waals surface area contributed by atoms with E-state index >= 15 is 0 Å². The highest BCUT2D eigenvalue weighted by molar-refractivity contribution is 9.10. The van der Waals surface area contributed by atoms with Crippen molar-refractivity contribution in [2.24, 2.45) is 0 Å². The fourth-order valence-electron chi connectivity index (χ4n) is 2.66. The molecule has 4 nitrogen and oxygen atoms in total. The van der Waals surface area contributed by atoms with Gasteiger partial charge in [-0.15, -0.1) is 0 Å². The van der Waals surface area contributed by atoms with Crippen LogP contribution >= 0.6 is 15.9 Å². The first kappa shape index (κ1) is 13.1. The van der Waals surface area contributed by atoms with Crippen LogP contribution < -0.4 is 4.74 Å². The van der Waals surface area contributed by atoms with Crippen molar-refractivity contribution in [2.45, 2.75) is 24.9 Å². The SMILES string of the molecule is O=C1CC2(CCS(=O)(=O)CC2)Oc2ccc(Br)cc21. The first-order chi connectivity index (χ1) is 8.89. The molecule has 0 N–H and O–H groups in total. The molecule has 1 spiro atoms. The topological polar surface area (TPSA) is 60.4 Å². The fraction of sp³-hybridized carbons (Fsp3) is 0.462. The van der Waals surface area contributed by atoms with Gasteiger partial charge in [-0.2, -0.15) is 0 Å². The van der Waals surface area contributed by atoms with Gasteiger partial charge < -0.3 is 4.74 Å². The highest BCUT2D eigenvalue weighted by Crippen LogP contribution is 2.40. The van der Waals surface area contributed by atoms with E-state index in [1.807, 2.05) is 6.07 Å². The summed E-state index contributed by atoms with van der Waals surface area (Å²) in [6, 6.07) is 5.34. The zero-order chi connectivity index (χ0) is 13.7. The average Bonchev–Trinajstić information content (AvgIpc) is 2.35. The number of halogens is 1. The number of carbonyl (C=O) groups excluding carboxylic acids is 1. The van der Waals surface area contributed by atoms with E-state index in [2.05, 4.69) is 15.9 Å². The zero-order valence-electron chi connectivity index (χ0n) is 10.2. The smallest absolute Gasteiger partial charge is 0.170 e. The van der Waals surface area contributed by atoms with Crippen molar-refractivity contribution in [3.8, 4) is 5.75 Å². The Morgan fingerprint density at radius 2 is 1.89 bits per heavy atom. The van der Waals surface area contributed by atoms with Crippen LogP contribution in [-0.2, 0) is 9.84 Å². The maximum absolute atomic E-state index is 12.2. The van der Waals surface area contributed by atoms with Crippen molar-refractivity contribution in [1.29, 1.82) is 0 Å². The lowest BCUT2D eigenvalue weighted by Gasteiger charge is -2.40. The van der Waals surface area contributed by atoms with Gasteiger partial charge in [0.1, 0.15) is 11.4 Å². The molecule has 1 fully saturated rings. The van der Waals surface area contributed by atoms with Gasteiger partial charge in [0.15, 0.2) is 15.6 Å². The third-order valence-electron chi connectivity index (χ3n) is 3.79. The minimum absolute atomic E-state index is 0.0295. The molecule has 2 aliphatic rings. The number of fused-ring (bicyclic) bond motifs is 1. The molecule has 19 heavy (non-hydrogen) atoms. The Kier molecular flexibility index (Phi) is 2.98. The summed E-state index contributed by atoms with van der Waals surface area (Å²) in [6.07, 6.45) is 1.07. The molecule has 0 radical (unpaired) electrons. The van der Waals surface area contributed by atoms with E-state index in [0.717, 1.165) is 4.47 Å². The second-order valence-electron chi connectivity index (χ2n) is 5.18. The Bertz CT molecular complexity index is 637. The molecule has 1 saturated heterocycles. The highest BCUT2D eigenvalue weighted by atomic mass is 79.9. The molecule has 0 saturated carbocycles. The lowest BCUT2D eigenvalue weighted by Crippen LogP contribution is -2.48. The van der Waals surface area contributed by atoms with Crippen LogP contribution in [0.25, 0.3) is 0 Å². The number of benzene rings is 1. The van der Waals surface area contributed by atoms with E-state index < -0.39 is 15.4 Å². The standard InChI is InChI=1S/C13H13BrO4S/c14-9-1-2-12-10(7-9)11(15)8-13(18-12)3-5-19(16,17)6-4-13/h1-2,7H,3-6,8H2. The number of sulfone groups is 1. The Hall–Kier alpha value is -0.880. The normalized spacial score (nSPS) is 23.7. The Balaban J connectivity index is 1.93. The van der Waals surface area contributed by atoms with E-state index in [4.69, 9.17) is 4.74 Å². The summed E-state index contributed by atoms with van der Waals surface area (Å²) in [6.45, 7) is 0. The van der Waals surface area contributed by atoms with E-state index in [9.17, 15) is 13.2 Å². The third-order valence-corrected chi connectivity index (χ3v) is 5.93. The van der Waals surface area contributed by atoms with Crippen molar-refractivity contribution in [1.82, 2.24) is 0 Å². The van der Waals surface area contributed by atoms with Gasteiger partial charge in [0.2, 0.25) is 0 Å². The summed E-state index contributed by atoms with van der Waals surface area (Å²) in [5, 5.41) is 0. The Morgan fingerprint density at radius 1 is 1.21 bits per heavy atom. The molecular weight excluding hydrogens is 332 g/mol. The lowest BCUT2D eigenvalue weighted by atomic mass is 9.85. The molecule has 0 aliphatic carbocycles.